The van der Waals surface area contributed by atoms with Crippen LogP contribution in [0, 0.1) is 6.92 Å². The van der Waals surface area contributed by atoms with E-state index in [1.54, 1.807) is 6.07 Å². The fourth-order valence-electron chi connectivity index (χ4n) is 4.01. The number of pyridine rings is 1. The van der Waals surface area contributed by atoms with E-state index in [1.165, 1.54) is 35.5 Å². The van der Waals surface area contributed by atoms with Crippen molar-refractivity contribution in [3.63, 3.8) is 0 Å². The SMILES string of the molecule is CC(=O)c1ccc(S(=O)(=O)N(Cc2cc3cccc(C)c3[nH]c2=O)CC2CCCO2)cc1. The van der Waals surface area contributed by atoms with Gasteiger partial charge < -0.3 is 9.72 Å². The molecule has 1 atom stereocenters. The van der Waals surface area contributed by atoms with Crippen molar-refractivity contribution in [1.82, 2.24) is 9.29 Å². The van der Waals surface area contributed by atoms with Gasteiger partial charge >= 0.3 is 0 Å². The predicted octanol–water partition coefficient (Wildman–Crippen LogP) is 3.41. The van der Waals surface area contributed by atoms with E-state index in [2.05, 4.69) is 4.98 Å². The van der Waals surface area contributed by atoms with E-state index in [4.69, 9.17) is 4.74 Å². The van der Waals surface area contributed by atoms with Gasteiger partial charge in [-0.2, -0.15) is 4.31 Å². The summed E-state index contributed by atoms with van der Waals surface area (Å²) in [4.78, 5) is 27.3. The maximum Gasteiger partial charge on any atom is 0.252 e. The van der Waals surface area contributed by atoms with Gasteiger partial charge in [0.2, 0.25) is 10.0 Å². The molecule has 7 nitrogen and oxygen atoms in total. The molecule has 4 rings (SSSR count). The fraction of sp³-hybridized carbons (Fsp3) is 0.333. The lowest BCUT2D eigenvalue weighted by Gasteiger charge is -2.25. The number of ketones is 1. The lowest BCUT2D eigenvalue weighted by Crippen LogP contribution is -2.38. The molecule has 3 aromatic rings. The highest BCUT2D eigenvalue weighted by Gasteiger charge is 2.30. The number of benzene rings is 2. The second-order valence-electron chi connectivity index (χ2n) is 8.18. The molecule has 2 aromatic carbocycles. The number of nitrogens with zero attached hydrogens (tertiary/aromatic N) is 1. The number of H-pyrrole nitrogens is 1. The van der Waals surface area contributed by atoms with Crippen molar-refractivity contribution in [1.29, 1.82) is 0 Å². The van der Waals surface area contributed by atoms with E-state index in [-0.39, 0.29) is 35.4 Å². The zero-order valence-electron chi connectivity index (χ0n) is 18.1. The zero-order chi connectivity index (χ0) is 22.9. The molecule has 0 radical (unpaired) electrons. The molecule has 1 aliphatic rings. The van der Waals surface area contributed by atoms with Gasteiger partial charge in [0.1, 0.15) is 0 Å². The second-order valence-corrected chi connectivity index (χ2v) is 10.1. The van der Waals surface area contributed by atoms with Crippen LogP contribution in [0.4, 0.5) is 0 Å². The third-order valence-electron chi connectivity index (χ3n) is 5.84. The van der Waals surface area contributed by atoms with E-state index in [9.17, 15) is 18.0 Å². The second kappa shape index (κ2) is 8.97. The van der Waals surface area contributed by atoms with Crippen molar-refractivity contribution >= 4 is 26.7 Å². The van der Waals surface area contributed by atoms with E-state index < -0.39 is 10.0 Å². The van der Waals surface area contributed by atoms with E-state index in [0.717, 1.165) is 29.3 Å². The maximum atomic E-state index is 13.5. The monoisotopic (exact) mass is 454 g/mol. The topological polar surface area (TPSA) is 96.5 Å². The number of aromatic amines is 1. The molecule has 0 bridgehead atoms. The summed E-state index contributed by atoms with van der Waals surface area (Å²) in [6.45, 7) is 4.03. The third-order valence-corrected chi connectivity index (χ3v) is 7.67. The molecule has 2 heterocycles. The number of hydrogen-bond donors (Lipinski definition) is 1. The number of para-hydroxylation sites is 1. The van der Waals surface area contributed by atoms with E-state index in [1.807, 2.05) is 25.1 Å². The molecule has 1 saturated heterocycles. The largest absolute Gasteiger partial charge is 0.377 e. The van der Waals surface area contributed by atoms with Crippen molar-refractivity contribution < 1.29 is 17.9 Å². The molecule has 1 fully saturated rings. The molecule has 0 amide bonds. The van der Waals surface area contributed by atoms with Crippen molar-refractivity contribution in [3.8, 4) is 0 Å². The van der Waals surface area contributed by atoms with Crippen molar-refractivity contribution in [3.05, 3.63) is 75.6 Å². The predicted molar refractivity (Wildman–Crippen MR) is 122 cm³/mol. The average molecular weight is 455 g/mol. The van der Waals surface area contributed by atoms with E-state index in [0.29, 0.717) is 17.7 Å². The normalized spacial score (nSPS) is 16.7. The molecule has 0 aliphatic carbocycles. The first-order valence-corrected chi connectivity index (χ1v) is 12.0. The van der Waals surface area contributed by atoms with Crippen LogP contribution in [0.5, 0.6) is 0 Å². The Hall–Kier alpha value is -2.81. The van der Waals surface area contributed by atoms with Gasteiger partial charge in [-0.05, 0) is 55.8 Å². The minimum Gasteiger partial charge on any atom is -0.377 e. The van der Waals surface area contributed by atoms with Gasteiger partial charge in [-0.1, -0.05) is 30.3 Å². The summed E-state index contributed by atoms with van der Waals surface area (Å²) < 4.78 is 34.0. The zero-order valence-corrected chi connectivity index (χ0v) is 18.9. The van der Waals surface area contributed by atoms with Crippen molar-refractivity contribution in [2.24, 2.45) is 0 Å². The van der Waals surface area contributed by atoms with Gasteiger partial charge in [-0.25, -0.2) is 8.42 Å². The number of aromatic nitrogens is 1. The van der Waals surface area contributed by atoms with Gasteiger partial charge in [0.15, 0.2) is 5.78 Å². The highest BCUT2D eigenvalue weighted by atomic mass is 32.2. The van der Waals surface area contributed by atoms with Crippen LogP contribution in [-0.2, 0) is 21.3 Å². The van der Waals surface area contributed by atoms with Gasteiger partial charge in [0.05, 0.1) is 16.5 Å². The summed E-state index contributed by atoms with van der Waals surface area (Å²) in [7, 11) is -3.92. The Morgan fingerprint density at radius 1 is 1.19 bits per heavy atom. The number of aryl methyl sites for hydroxylation is 1. The molecule has 32 heavy (non-hydrogen) atoms. The number of Topliss-reactive ketones (excluding diaryl/α,β-unsaturated/α-hetero) is 1. The first kappa shape index (κ1) is 22.4. The number of fused-ring (bicyclic) bond motifs is 1. The Morgan fingerprint density at radius 3 is 2.59 bits per heavy atom. The summed E-state index contributed by atoms with van der Waals surface area (Å²) in [5.74, 6) is -0.136. The van der Waals surface area contributed by atoms with Crippen LogP contribution < -0.4 is 5.56 Å². The number of hydrogen-bond acceptors (Lipinski definition) is 5. The third kappa shape index (κ3) is 4.53. The highest BCUT2D eigenvalue weighted by Crippen LogP contribution is 2.23. The molecule has 8 heteroatoms. The smallest absolute Gasteiger partial charge is 0.252 e. The molecule has 1 aliphatic heterocycles. The first-order chi connectivity index (χ1) is 15.3. The molecule has 0 spiro atoms. The fourth-order valence-corrected chi connectivity index (χ4v) is 5.46. The molecule has 168 valence electrons. The first-order valence-electron chi connectivity index (χ1n) is 10.6. The van der Waals surface area contributed by atoms with Gasteiger partial charge in [-0.3, -0.25) is 9.59 Å². The Morgan fingerprint density at radius 2 is 1.94 bits per heavy atom. The summed E-state index contributed by atoms with van der Waals surface area (Å²) in [5.41, 5.74) is 2.18. The minimum absolute atomic E-state index is 0.0735. The van der Waals surface area contributed by atoms with Gasteiger partial charge in [-0.15, -0.1) is 0 Å². The molecule has 1 unspecified atom stereocenters. The van der Waals surface area contributed by atoms with Crippen LogP contribution in [0.15, 0.2) is 58.2 Å². The number of nitrogens with one attached hydrogen (secondary N) is 1. The van der Waals surface area contributed by atoms with Crippen LogP contribution in [0.2, 0.25) is 0 Å². The Labute approximate surface area is 187 Å². The minimum atomic E-state index is -3.92. The Bertz CT molecular complexity index is 1310. The quantitative estimate of drug-likeness (QED) is 0.552. The standard InChI is InChI=1S/C24H26N2O5S/c1-16-5-3-6-19-13-20(24(28)25-23(16)19)14-26(15-21-7-4-12-31-21)32(29,30)22-10-8-18(9-11-22)17(2)27/h3,5-6,8-11,13,21H,4,7,12,14-15H2,1-2H3,(H,25,28). The van der Waals surface area contributed by atoms with Crippen LogP contribution in [0.3, 0.4) is 0 Å². The van der Waals surface area contributed by atoms with Crippen LogP contribution in [-0.4, -0.2) is 42.7 Å². The maximum absolute atomic E-state index is 13.5. The lowest BCUT2D eigenvalue weighted by atomic mass is 10.1. The molecule has 1 aromatic heterocycles. The van der Waals surface area contributed by atoms with Crippen LogP contribution in [0.25, 0.3) is 10.9 Å². The summed E-state index contributed by atoms with van der Waals surface area (Å²) in [6, 6.07) is 13.3. The van der Waals surface area contributed by atoms with Gasteiger partial charge in [0.25, 0.3) is 5.56 Å². The molecular weight excluding hydrogens is 428 g/mol. The number of carbonyl (C=O) groups is 1. The van der Waals surface area contributed by atoms with Crippen molar-refractivity contribution in [2.45, 2.75) is 44.2 Å². The highest BCUT2D eigenvalue weighted by molar-refractivity contribution is 7.89. The summed E-state index contributed by atoms with van der Waals surface area (Å²) in [6.07, 6.45) is 1.42. The van der Waals surface area contributed by atoms with Gasteiger partial charge in [0, 0.05) is 30.8 Å². The number of ether oxygens (including phenoxy) is 1. The Balaban J connectivity index is 1.72. The Kier molecular flexibility index (Phi) is 6.28. The average Bonchev–Trinajstić information content (AvgIpc) is 3.28. The molecule has 0 saturated carbocycles. The number of rotatable bonds is 7. The lowest BCUT2D eigenvalue weighted by molar-refractivity contribution is 0.0925. The van der Waals surface area contributed by atoms with E-state index >= 15 is 0 Å². The van der Waals surface area contributed by atoms with Crippen molar-refractivity contribution in [2.75, 3.05) is 13.2 Å². The molecule has 1 N–H and O–H groups in total. The summed E-state index contributed by atoms with van der Waals surface area (Å²) in [5, 5.41) is 0.847. The number of carbonyl (C=O) groups excluding carboxylic acids is 1. The molecular formula is C24H26N2O5S. The summed E-state index contributed by atoms with van der Waals surface area (Å²) >= 11 is 0. The van der Waals surface area contributed by atoms with Crippen LogP contribution in [0.1, 0.15) is 41.3 Å². The van der Waals surface area contributed by atoms with Crippen LogP contribution >= 0.6 is 0 Å². The number of sulfonamides is 1.